The number of hydrogen-bond acceptors (Lipinski definition) is 0. The van der Waals surface area contributed by atoms with Gasteiger partial charge in [0.15, 0.2) is 0 Å². The van der Waals surface area contributed by atoms with Crippen LogP contribution in [0.3, 0.4) is 0 Å². The minimum absolute atomic E-state index is 0.0919. The molecule has 2 saturated carbocycles. The quantitative estimate of drug-likeness (QED) is 0.476. The minimum atomic E-state index is -0.0919. The van der Waals surface area contributed by atoms with E-state index in [1.165, 1.54) is 89.0 Å². The van der Waals surface area contributed by atoms with Crippen LogP contribution in [-0.4, -0.2) is 0 Å². The molecular formula is C23H35F. The summed E-state index contributed by atoms with van der Waals surface area (Å²) in [5.74, 6) is 1.67. The van der Waals surface area contributed by atoms with E-state index < -0.39 is 0 Å². The molecule has 3 rings (SSSR count). The highest BCUT2D eigenvalue weighted by Crippen LogP contribution is 2.51. The summed E-state index contributed by atoms with van der Waals surface area (Å²) in [7, 11) is 0. The summed E-state index contributed by atoms with van der Waals surface area (Å²) >= 11 is 0. The van der Waals surface area contributed by atoms with E-state index in [2.05, 4.69) is 19.1 Å². The van der Waals surface area contributed by atoms with Crippen molar-refractivity contribution < 1.29 is 4.39 Å². The second-order valence-electron chi connectivity index (χ2n) is 8.44. The fourth-order valence-electron chi connectivity index (χ4n) is 5.53. The number of hydrogen-bond donors (Lipinski definition) is 0. The molecule has 2 fully saturated rings. The number of benzene rings is 1. The van der Waals surface area contributed by atoms with Gasteiger partial charge in [0.2, 0.25) is 0 Å². The van der Waals surface area contributed by atoms with Crippen LogP contribution >= 0.6 is 0 Å². The Labute approximate surface area is 148 Å². The molecule has 0 heterocycles. The smallest absolute Gasteiger partial charge is 0.123 e. The van der Waals surface area contributed by atoms with Gasteiger partial charge in [-0.05, 0) is 73.5 Å². The van der Waals surface area contributed by atoms with Gasteiger partial charge in [-0.1, -0.05) is 64.0 Å². The zero-order valence-corrected chi connectivity index (χ0v) is 15.5. The van der Waals surface area contributed by atoms with E-state index in [0.29, 0.717) is 5.41 Å². The maximum Gasteiger partial charge on any atom is 0.123 e. The van der Waals surface area contributed by atoms with Crippen LogP contribution < -0.4 is 0 Å². The second kappa shape index (κ2) is 8.50. The molecule has 1 aromatic carbocycles. The molecule has 0 N–H and O–H groups in total. The van der Waals surface area contributed by atoms with E-state index >= 15 is 0 Å². The zero-order chi connectivity index (χ0) is 16.8. The summed E-state index contributed by atoms with van der Waals surface area (Å²) in [5, 5.41) is 0. The summed E-state index contributed by atoms with van der Waals surface area (Å²) in [5.41, 5.74) is 1.78. The molecule has 0 amide bonds. The average molecular weight is 331 g/mol. The molecule has 0 saturated heterocycles. The highest BCUT2D eigenvalue weighted by atomic mass is 19.1. The summed E-state index contributed by atoms with van der Waals surface area (Å²) in [6.45, 7) is 2.30. The van der Waals surface area contributed by atoms with E-state index in [1.54, 1.807) is 12.1 Å². The van der Waals surface area contributed by atoms with Crippen LogP contribution in [-0.2, 0) is 5.41 Å². The normalized spacial score (nSPS) is 28.8. The van der Waals surface area contributed by atoms with Gasteiger partial charge < -0.3 is 0 Å². The van der Waals surface area contributed by atoms with Gasteiger partial charge in [-0.15, -0.1) is 0 Å². The van der Waals surface area contributed by atoms with Crippen molar-refractivity contribution in [2.75, 3.05) is 0 Å². The predicted molar refractivity (Wildman–Crippen MR) is 101 cm³/mol. The Balaban J connectivity index is 1.73. The SMILES string of the molecule is CCCCC[C@H]1CC[C@](c2ccc(F)cc2)(C2CCCCC2)CC1. The lowest BCUT2D eigenvalue weighted by Crippen LogP contribution is -2.40. The molecule has 2 aliphatic rings. The van der Waals surface area contributed by atoms with Crippen LogP contribution in [0.4, 0.5) is 4.39 Å². The Morgan fingerprint density at radius 1 is 0.917 bits per heavy atom. The third kappa shape index (κ3) is 4.03. The average Bonchev–Trinajstić information content (AvgIpc) is 2.64. The Kier molecular flexibility index (Phi) is 6.36. The lowest BCUT2D eigenvalue weighted by molar-refractivity contribution is 0.120. The largest absolute Gasteiger partial charge is 0.207 e. The topological polar surface area (TPSA) is 0 Å². The molecule has 134 valence electrons. The Bertz CT molecular complexity index is 475. The molecule has 0 unspecified atom stereocenters. The van der Waals surface area contributed by atoms with E-state index in [9.17, 15) is 4.39 Å². The lowest BCUT2D eigenvalue weighted by atomic mass is 9.57. The number of unbranched alkanes of at least 4 members (excludes halogenated alkanes) is 2. The van der Waals surface area contributed by atoms with Crippen molar-refractivity contribution in [1.82, 2.24) is 0 Å². The van der Waals surface area contributed by atoms with Gasteiger partial charge in [0.25, 0.3) is 0 Å². The van der Waals surface area contributed by atoms with Gasteiger partial charge in [-0.2, -0.15) is 0 Å². The summed E-state index contributed by atoms with van der Waals surface area (Å²) in [6, 6.07) is 7.57. The van der Waals surface area contributed by atoms with Crippen LogP contribution in [0, 0.1) is 17.7 Å². The first-order valence-electron chi connectivity index (χ1n) is 10.5. The molecule has 1 heteroatoms. The van der Waals surface area contributed by atoms with Crippen LogP contribution in [0.15, 0.2) is 24.3 Å². The fraction of sp³-hybridized carbons (Fsp3) is 0.739. The first-order valence-corrected chi connectivity index (χ1v) is 10.5. The van der Waals surface area contributed by atoms with Gasteiger partial charge in [-0.3, -0.25) is 0 Å². The van der Waals surface area contributed by atoms with Gasteiger partial charge >= 0.3 is 0 Å². The van der Waals surface area contributed by atoms with E-state index in [0.717, 1.165) is 11.8 Å². The van der Waals surface area contributed by atoms with Crippen molar-refractivity contribution >= 4 is 0 Å². The standard InChI is InChI=1S/C23H35F/c1-2-3-5-8-19-15-17-23(18-16-19,20-9-6-4-7-10-20)21-11-13-22(24)14-12-21/h11-14,19-20H,2-10,15-18H2,1H3/t19-,23+. The highest BCUT2D eigenvalue weighted by molar-refractivity contribution is 5.28. The van der Waals surface area contributed by atoms with E-state index in [4.69, 9.17) is 0 Å². The van der Waals surface area contributed by atoms with Crippen molar-refractivity contribution in [2.45, 2.75) is 95.8 Å². The number of halogens is 1. The second-order valence-corrected chi connectivity index (χ2v) is 8.44. The fourth-order valence-corrected chi connectivity index (χ4v) is 5.53. The van der Waals surface area contributed by atoms with Gasteiger partial charge in [0.05, 0.1) is 0 Å². The Morgan fingerprint density at radius 3 is 2.21 bits per heavy atom. The molecule has 0 bridgehead atoms. The highest BCUT2D eigenvalue weighted by Gasteiger charge is 2.43. The summed E-state index contributed by atoms with van der Waals surface area (Å²) < 4.78 is 13.5. The molecule has 24 heavy (non-hydrogen) atoms. The molecule has 2 aliphatic carbocycles. The molecule has 0 spiro atoms. The van der Waals surface area contributed by atoms with Crippen molar-refractivity contribution in [2.24, 2.45) is 11.8 Å². The van der Waals surface area contributed by atoms with Crippen LogP contribution in [0.5, 0.6) is 0 Å². The summed E-state index contributed by atoms with van der Waals surface area (Å²) in [4.78, 5) is 0. The van der Waals surface area contributed by atoms with Gasteiger partial charge in [0.1, 0.15) is 5.82 Å². The third-order valence-corrected chi connectivity index (χ3v) is 7.02. The van der Waals surface area contributed by atoms with Crippen molar-refractivity contribution in [3.8, 4) is 0 Å². The van der Waals surface area contributed by atoms with Gasteiger partial charge in [-0.25, -0.2) is 4.39 Å². The molecule has 1 aromatic rings. The Morgan fingerprint density at radius 2 is 1.58 bits per heavy atom. The molecule has 0 nitrogen and oxygen atoms in total. The lowest BCUT2D eigenvalue weighted by Gasteiger charge is -2.48. The molecule has 0 radical (unpaired) electrons. The first kappa shape index (κ1) is 18.0. The molecule has 0 atom stereocenters. The van der Waals surface area contributed by atoms with Crippen molar-refractivity contribution in [3.63, 3.8) is 0 Å². The van der Waals surface area contributed by atoms with Crippen LogP contribution in [0.1, 0.15) is 96.0 Å². The molecule has 0 aromatic heterocycles. The maximum absolute atomic E-state index is 13.5. The Hall–Kier alpha value is -0.850. The van der Waals surface area contributed by atoms with Gasteiger partial charge in [0, 0.05) is 0 Å². The van der Waals surface area contributed by atoms with Crippen molar-refractivity contribution in [1.29, 1.82) is 0 Å². The van der Waals surface area contributed by atoms with Crippen molar-refractivity contribution in [3.05, 3.63) is 35.6 Å². The summed E-state index contributed by atoms with van der Waals surface area (Å²) in [6.07, 6.45) is 18.0. The monoisotopic (exact) mass is 330 g/mol. The van der Waals surface area contributed by atoms with Crippen LogP contribution in [0.25, 0.3) is 0 Å². The van der Waals surface area contributed by atoms with E-state index in [-0.39, 0.29) is 5.82 Å². The zero-order valence-electron chi connectivity index (χ0n) is 15.5. The molecule has 0 aliphatic heterocycles. The first-order chi connectivity index (χ1) is 11.7. The molecular weight excluding hydrogens is 295 g/mol. The predicted octanol–water partition coefficient (Wildman–Crippen LogP) is 7.41. The minimum Gasteiger partial charge on any atom is -0.207 e. The van der Waals surface area contributed by atoms with E-state index in [1.807, 2.05) is 0 Å². The number of rotatable bonds is 6. The van der Waals surface area contributed by atoms with Crippen LogP contribution in [0.2, 0.25) is 0 Å². The maximum atomic E-state index is 13.5. The third-order valence-electron chi connectivity index (χ3n) is 7.02.